The van der Waals surface area contributed by atoms with E-state index in [2.05, 4.69) is 23.1 Å². The van der Waals surface area contributed by atoms with E-state index in [1.807, 2.05) is 6.92 Å². The summed E-state index contributed by atoms with van der Waals surface area (Å²) in [5.41, 5.74) is 0. The van der Waals surface area contributed by atoms with Gasteiger partial charge >= 0.3 is 0 Å². The van der Waals surface area contributed by atoms with Crippen LogP contribution in [0.15, 0.2) is 0 Å². The largest absolute Gasteiger partial charge is 0.304 e. The Morgan fingerprint density at radius 3 is 2.64 bits per heavy atom. The summed E-state index contributed by atoms with van der Waals surface area (Å²) in [6.07, 6.45) is 7.95. The number of likely N-dealkylation sites (tertiary alicyclic amines) is 1. The molecule has 1 heterocycles. The number of hydrogen-bond acceptors (Lipinski definition) is 2. The van der Waals surface area contributed by atoms with Crippen molar-refractivity contribution in [2.75, 3.05) is 26.2 Å². The summed E-state index contributed by atoms with van der Waals surface area (Å²) in [7, 11) is 0. The summed E-state index contributed by atoms with van der Waals surface area (Å²) in [6.45, 7) is 9.07. The van der Waals surface area contributed by atoms with E-state index >= 15 is 0 Å². The van der Waals surface area contributed by atoms with Crippen LogP contribution in [0.3, 0.4) is 0 Å². The number of terminal acetylenes is 1. The van der Waals surface area contributed by atoms with E-state index < -0.39 is 0 Å². The van der Waals surface area contributed by atoms with Crippen molar-refractivity contribution in [2.45, 2.75) is 32.7 Å². The summed E-state index contributed by atoms with van der Waals surface area (Å²) < 4.78 is 0. The highest BCUT2D eigenvalue weighted by atomic mass is 15.1. The fraction of sp³-hybridized carbons (Fsp3) is 0.833. The summed E-state index contributed by atoms with van der Waals surface area (Å²) >= 11 is 0. The molecule has 0 aromatic heterocycles. The minimum Gasteiger partial charge on any atom is -0.304 e. The van der Waals surface area contributed by atoms with Gasteiger partial charge < -0.3 is 10.2 Å². The van der Waals surface area contributed by atoms with Gasteiger partial charge in [0.05, 0.1) is 6.04 Å². The topological polar surface area (TPSA) is 15.3 Å². The Balaban J connectivity index is 2.13. The van der Waals surface area contributed by atoms with Crippen LogP contribution in [0.2, 0.25) is 0 Å². The fourth-order valence-corrected chi connectivity index (χ4v) is 1.91. The maximum absolute atomic E-state index is 5.31. The monoisotopic (exact) mass is 194 g/mol. The van der Waals surface area contributed by atoms with Gasteiger partial charge in [0.15, 0.2) is 0 Å². The van der Waals surface area contributed by atoms with Crippen molar-refractivity contribution in [2.24, 2.45) is 5.92 Å². The van der Waals surface area contributed by atoms with Crippen LogP contribution in [0.25, 0.3) is 0 Å². The van der Waals surface area contributed by atoms with Gasteiger partial charge in [-0.1, -0.05) is 12.8 Å². The van der Waals surface area contributed by atoms with Crippen LogP contribution in [-0.2, 0) is 0 Å². The van der Waals surface area contributed by atoms with E-state index in [1.54, 1.807) is 0 Å². The molecule has 0 spiro atoms. The van der Waals surface area contributed by atoms with Crippen LogP contribution in [-0.4, -0.2) is 37.1 Å². The number of rotatable bonds is 4. The molecule has 1 N–H and O–H groups in total. The van der Waals surface area contributed by atoms with E-state index in [1.165, 1.54) is 32.5 Å². The highest BCUT2D eigenvalue weighted by Gasteiger charge is 2.17. The average molecular weight is 194 g/mol. The molecule has 2 heteroatoms. The molecule has 1 rings (SSSR count). The van der Waals surface area contributed by atoms with Gasteiger partial charge in [-0.2, -0.15) is 0 Å². The van der Waals surface area contributed by atoms with Crippen molar-refractivity contribution in [1.29, 1.82) is 0 Å². The molecular weight excluding hydrogens is 172 g/mol. The first-order valence-electron chi connectivity index (χ1n) is 5.68. The Labute approximate surface area is 88.1 Å². The number of nitrogens with zero attached hydrogens (tertiary/aromatic N) is 1. The molecule has 1 atom stereocenters. The standard InChI is InChI=1S/C12H22N2/c1-4-11(3)13-10-12-6-8-14(5-2)9-7-12/h1,11-13H,5-10H2,2-3H3. The molecule has 0 saturated carbocycles. The lowest BCUT2D eigenvalue weighted by molar-refractivity contribution is 0.189. The second-order valence-corrected chi connectivity index (χ2v) is 4.17. The third-order valence-electron chi connectivity index (χ3n) is 3.12. The normalized spacial score (nSPS) is 21.8. The number of piperidine rings is 1. The molecule has 2 nitrogen and oxygen atoms in total. The fourth-order valence-electron chi connectivity index (χ4n) is 1.91. The molecule has 1 aliphatic rings. The molecule has 1 saturated heterocycles. The Bertz CT molecular complexity index is 187. The molecular formula is C12H22N2. The van der Waals surface area contributed by atoms with Gasteiger partial charge in [0.2, 0.25) is 0 Å². The summed E-state index contributed by atoms with van der Waals surface area (Å²) in [5.74, 6) is 3.53. The SMILES string of the molecule is C#CC(C)NCC1CCN(CC)CC1. The van der Waals surface area contributed by atoms with Crippen molar-refractivity contribution in [3.8, 4) is 12.3 Å². The van der Waals surface area contributed by atoms with Crippen LogP contribution in [0, 0.1) is 18.3 Å². The molecule has 0 radical (unpaired) electrons. The van der Waals surface area contributed by atoms with Gasteiger partial charge in [-0.05, 0) is 51.9 Å². The maximum Gasteiger partial charge on any atom is 0.0658 e. The molecule has 0 aromatic carbocycles. The minimum atomic E-state index is 0.221. The smallest absolute Gasteiger partial charge is 0.0658 e. The Morgan fingerprint density at radius 2 is 2.14 bits per heavy atom. The molecule has 0 aromatic rings. The zero-order valence-electron chi connectivity index (χ0n) is 9.42. The lowest BCUT2D eigenvalue weighted by Gasteiger charge is -2.31. The third-order valence-corrected chi connectivity index (χ3v) is 3.12. The molecule has 1 unspecified atom stereocenters. The van der Waals surface area contributed by atoms with Gasteiger partial charge in [0, 0.05) is 0 Å². The molecule has 0 bridgehead atoms. The molecule has 14 heavy (non-hydrogen) atoms. The summed E-state index contributed by atoms with van der Waals surface area (Å²) in [6, 6.07) is 0.221. The van der Waals surface area contributed by atoms with Gasteiger partial charge in [0.25, 0.3) is 0 Å². The lowest BCUT2D eigenvalue weighted by atomic mass is 9.96. The second kappa shape index (κ2) is 6.06. The Hall–Kier alpha value is -0.520. The second-order valence-electron chi connectivity index (χ2n) is 4.17. The van der Waals surface area contributed by atoms with Crippen molar-refractivity contribution in [3.05, 3.63) is 0 Å². The summed E-state index contributed by atoms with van der Waals surface area (Å²) in [5, 5.41) is 3.38. The van der Waals surface area contributed by atoms with E-state index in [-0.39, 0.29) is 6.04 Å². The van der Waals surface area contributed by atoms with Crippen molar-refractivity contribution >= 4 is 0 Å². The van der Waals surface area contributed by atoms with Gasteiger partial charge in [-0.3, -0.25) is 0 Å². The van der Waals surface area contributed by atoms with Crippen LogP contribution < -0.4 is 5.32 Å². The third kappa shape index (κ3) is 3.69. The summed E-state index contributed by atoms with van der Waals surface area (Å²) in [4.78, 5) is 2.51. The zero-order valence-corrected chi connectivity index (χ0v) is 9.42. The average Bonchev–Trinajstić information content (AvgIpc) is 2.26. The first-order chi connectivity index (χ1) is 6.76. The van der Waals surface area contributed by atoms with Gasteiger partial charge in [-0.25, -0.2) is 0 Å². The Morgan fingerprint density at radius 1 is 1.50 bits per heavy atom. The van der Waals surface area contributed by atoms with Crippen LogP contribution in [0.5, 0.6) is 0 Å². The van der Waals surface area contributed by atoms with Crippen LogP contribution in [0.4, 0.5) is 0 Å². The number of hydrogen-bond donors (Lipinski definition) is 1. The molecule has 0 aliphatic carbocycles. The number of nitrogens with one attached hydrogen (secondary N) is 1. The molecule has 1 fully saturated rings. The van der Waals surface area contributed by atoms with E-state index in [4.69, 9.17) is 6.42 Å². The first kappa shape index (κ1) is 11.6. The van der Waals surface area contributed by atoms with Crippen molar-refractivity contribution in [3.63, 3.8) is 0 Å². The zero-order chi connectivity index (χ0) is 10.4. The maximum atomic E-state index is 5.31. The lowest BCUT2D eigenvalue weighted by Crippen LogP contribution is -2.38. The predicted octanol–water partition coefficient (Wildman–Crippen LogP) is 1.33. The molecule has 1 aliphatic heterocycles. The molecule has 80 valence electrons. The van der Waals surface area contributed by atoms with Gasteiger partial charge in [-0.15, -0.1) is 6.42 Å². The quantitative estimate of drug-likeness (QED) is 0.679. The van der Waals surface area contributed by atoms with Gasteiger partial charge in [0.1, 0.15) is 0 Å². The highest BCUT2D eigenvalue weighted by molar-refractivity contribution is 4.95. The van der Waals surface area contributed by atoms with Crippen molar-refractivity contribution in [1.82, 2.24) is 10.2 Å². The minimum absolute atomic E-state index is 0.221. The highest BCUT2D eigenvalue weighted by Crippen LogP contribution is 2.15. The van der Waals surface area contributed by atoms with E-state index in [0.29, 0.717) is 0 Å². The first-order valence-corrected chi connectivity index (χ1v) is 5.68. The Kier molecular flexibility index (Phi) is 5.00. The predicted molar refractivity (Wildman–Crippen MR) is 61.1 cm³/mol. The molecule has 0 amide bonds. The van der Waals surface area contributed by atoms with Crippen LogP contribution >= 0.6 is 0 Å². The van der Waals surface area contributed by atoms with Crippen LogP contribution in [0.1, 0.15) is 26.7 Å². The van der Waals surface area contributed by atoms with Crippen molar-refractivity contribution < 1.29 is 0 Å². The van der Waals surface area contributed by atoms with E-state index in [0.717, 1.165) is 12.5 Å². The van der Waals surface area contributed by atoms with E-state index in [9.17, 15) is 0 Å².